The highest BCUT2D eigenvalue weighted by Gasteiger charge is 2.12. The largest absolute Gasteiger partial charge is 0.394 e. The van der Waals surface area contributed by atoms with Gasteiger partial charge in [0.25, 0.3) is 0 Å². The molecule has 0 saturated carbocycles. The molecule has 0 bridgehead atoms. The molecule has 2 rings (SSSR count). The number of nitrogens with zero attached hydrogens (tertiary/aromatic N) is 5. The monoisotopic (exact) mass is 279 g/mol. The van der Waals surface area contributed by atoms with Gasteiger partial charge in [0.05, 0.1) is 19.3 Å². The van der Waals surface area contributed by atoms with E-state index in [9.17, 15) is 5.11 Å². The van der Waals surface area contributed by atoms with Crippen molar-refractivity contribution >= 4 is 11.9 Å². The van der Waals surface area contributed by atoms with Crippen LogP contribution in [0.5, 0.6) is 0 Å². The Balaban J connectivity index is 2.26. The number of aromatic nitrogens is 5. The van der Waals surface area contributed by atoms with Gasteiger partial charge in [0.2, 0.25) is 17.8 Å². The van der Waals surface area contributed by atoms with Crippen LogP contribution in [0.3, 0.4) is 0 Å². The molecular formula is C11H17N7O2. The lowest BCUT2D eigenvalue weighted by atomic mass is 10.3. The van der Waals surface area contributed by atoms with Crippen LogP contribution in [0.4, 0.5) is 11.9 Å². The average molecular weight is 279 g/mol. The van der Waals surface area contributed by atoms with Crippen LogP contribution in [-0.4, -0.2) is 63.0 Å². The third kappa shape index (κ3) is 3.39. The summed E-state index contributed by atoms with van der Waals surface area (Å²) in [6, 6.07) is -0.289. The number of nitrogens with one attached hydrogen (secondary N) is 2. The first-order chi connectivity index (χ1) is 9.76. The molecule has 3 N–H and O–H groups in total. The molecule has 2 aromatic heterocycles. The van der Waals surface area contributed by atoms with E-state index in [4.69, 9.17) is 4.74 Å². The van der Waals surface area contributed by atoms with Crippen LogP contribution in [0.1, 0.15) is 0 Å². The summed E-state index contributed by atoms with van der Waals surface area (Å²) in [7, 11) is 3.28. The van der Waals surface area contributed by atoms with Gasteiger partial charge in [-0.05, 0) is 0 Å². The Hall–Kier alpha value is -2.26. The summed E-state index contributed by atoms with van der Waals surface area (Å²) in [5, 5.41) is 15.1. The lowest BCUT2D eigenvalue weighted by Gasteiger charge is -2.16. The van der Waals surface area contributed by atoms with Crippen molar-refractivity contribution in [3.05, 3.63) is 18.7 Å². The lowest BCUT2D eigenvalue weighted by Crippen LogP contribution is -2.30. The van der Waals surface area contributed by atoms with Crippen molar-refractivity contribution in [3.63, 3.8) is 0 Å². The molecule has 1 unspecified atom stereocenters. The van der Waals surface area contributed by atoms with Gasteiger partial charge in [-0.15, -0.1) is 0 Å². The Morgan fingerprint density at radius 1 is 1.35 bits per heavy atom. The Morgan fingerprint density at radius 3 is 2.75 bits per heavy atom. The van der Waals surface area contributed by atoms with Gasteiger partial charge in [0.15, 0.2) is 0 Å². The highest BCUT2D eigenvalue weighted by molar-refractivity contribution is 5.38. The maximum Gasteiger partial charge on any atom is 0.241 e. The second-order valence-electron chi connectivity index (χ2n) is 3.98. The molecule has 0 aliphatic carbocycles. The Labute approximate surface area is 116 Å². The average Bonchev–Trinajstić information content (AvgIpc) is 3.00. The number of hydrogen-bond acceptors (Lipinski definition) is 8. The van der Waals surface area contributed by atoms with E-state index in [1.165, 1.54) is 0 Å². The molecule has 108 valence electrons. The predicted octanol–water partition coefficient (Wildman–Crippen LogP) is -0.482. The molecule has 1 atom stereocenters. The first-order valence-electron chi connectivity index (χ1n) is 6.05. The van der Waals surface area contributed by atoms with Crippen molar-refractivity contribution in [2.45, 2.75) is 6.04 Å². The molecule has 0 radical (unpaired) electrons. The number of aliphatic hydroxyl groups excluding tert-OH is 1. The van der Waals surface area contributed by atoms with Crippen LogP contribution in [0.25, 0.3) is 5.95 Å². The van der Waals surface area contributed by atoms with E-state index in [0.29, 0.717) is 24.5 Å². The summed E-state index contributed by atoms with van der Waals surface area (Å²) >= 11 is 0. The zero-order valence-electron chi connectivity index (χ0n) is 11.3. The van der Waals surface area contributed by atoms with Crippen LogP contribution < -0.4 is 10.6 Å². The third-order valence-electron chi connectivity index (χ3n) is 2.50. The molecule has 0 amide bonds. The SMILES string of the molecule is CNc1nc(NC(CO)COC)nc(-n2ccnc2)n1. The molecule has 0 aromatic carbocycles. The smallest absolute Gasteiger partial charge is 0.241 e. The Morgan fingerprint density at radius 2 is 2.15 bits per heavy atom. The first kappa shape index (κ1) is 14.2. The van der Waals surface area contributed by atoms with Crippen LogP contribution in [-0.2, 0) is 4.74 Å². The minimum atomic E-state index is -0.289. The fourth-order valence-corrected chi connectivity index (χ4v) is 1.56. The number of ether oxygens (including phenoxy) is 1. The van der Waals surface area contributed by atoms with E-state index in [-0.39, 0.29) is 12.6 Å². The van der Waals surface area contributed by atoms with Crippen molar-refractivity contribution in [3.8, 4) is 5.95 Å². The zero-order valence-corrected chi connectivity index (χ0v) is 11.3. The predicted molar refractivity (Wildman–Crippen MR) is 72.9 cm³/mol. The van der Waals surface area contributed by atoms with Crippen molar-refractivity contribution in [1.82, 2.24) is 24.5 Å². The summed E-state index contributed by atoms with van der Waals surface area (Å²) in [6.07, 6.45) is 4.96. The lowest BCUT2D eigenvalue weighted by molar-refractivity contribution is 0.153. The normalized spacial score (nSPS) is 12.2. The summed E-state index contributed by atoms with van der Waals surface area (Å²) < 4.78 is 6.67. The van der Waals surface area contributed by atoms with Crippen LogP contribution in [0.2, 0.25) is 0 Å². The topological polar surface area (TPSA) is 110 Å². The standard InChI is InChI=1S/C11H17N7O2/c1-12-9-15-10(14-8(5-19)6-20-2)17-11(16-9)18-4-3-13-7-18/h3-4,7-8,19H,5-6H2,1-2H3,(H2,12,14,15,16,17). The Bertz CT molecular complexity index is 532. The first-order valence-corrected chi connectivity index (χ1v) is 6.05. The maximum atomic E-state index is 9.25. The second-order valence-corrected chi connectivity index (χ2v) is 3.98. The van der Waals surface area contributed by atoms with E-state index in [0.717, 1.165) is 0 Å². The highest BCUT2D eigenvalue weighted by Crippen LogP contribution is 2.09. The number of imidazole rings is 1. The van der Waals surface area contributed by atoms with Gasteiger partial charge in [-0.1, -0.05) is 0 Å². The van der Waals surface area contributed by atoms with Crippen molar-refractivity contribution < 1.29 is 9.84 Å². The molecule has 9 heteroatoms. The molecule has 2 heterocycles. The van der Waals surface area contributed by atoms with E-state index in [2.05, 4.69) is 30.6 Å². The van der Waals surface area contributed by atoms with Crippen LogP contribution in [0, 0.1) is 0 Å². The molecule has 20 heavy (non-hydrogen) atoms. The van der Waals surface area contributed by atoms with Crippen LogP contribution in [0.15, 0.2) is 18.7 Å². The molecule has 0 saturated heterocycles. The van der Waals surface area contributed by atoms with E-state index in [1.807, 2.05) is 0 Å². The zero-order chi connectivity index (χ0) is 14.4. The highest BCUT2D eigenvalue weighted by atomic mass is 16.5. The maximum absolute atomic E-state index is 9.25. The van der Waals surface area contributed by atoms with Gasteiger partial charge in [-0.2, -0.15) is 15.0 Å². The Kier molecular flexibility index (Phi) is 4.80. The fourth-order valence-electron chi connectivity index (χ4n) is 1.56. The van der Waals surface area contributed by atoms with Gasteiger partial charge in [0.1, 0.15) is 6.33 Å². The van der Waals surface area contributed by atoms with E-state index in [1.54, 1.807) is 37.4 Å². The summed E-state index contributed by atoms with van der Waals surface area (Å²) in [5.74, 6) is 1.20. The van der Waals surface area contributed by atoms with Crippen molar-refractivity contribution in [1.29, 1.82) is 0 Å². The molecule has 2 aromatic rings. The van der Waals surface area contributed by atoms with E-state index < -0.39 is 0 Å². The van der Waals surface area contributed by atoms with E-state index >= 15 is 0 Å². The number of rotatable bonds is 7. The minimum absolute atomic E-state index is 0.0885. The number of hydrogen-bond donors (Lipinski definition) is 3. The van der Waals surface area contributed by atoms with Gasteiger partial charge in [-0.25, -0.2) is 4.98 Å². The summed E-state index contributed by atoms with van der Waals surface area (Å²) in [5.41, 5.74) is 0. The van der Waals surface area contributed by atoms with Crippen molar-refractivity contribution in [2.24, 2.45) is 0 Å². The fraction of sp³-hybridized carbons (Fsp3) is 0.455. The van der Waals surface area contributed by atoms with Crippen LogP contribution >= 0.6 is 0 Å². The minimum Gasteiger partial charge on any atom is -0.394 e. The summed E-state index contributed by atoms with van der Waals surface area (Å²) in [6.45, 7) is 0.256. The molecular weight excluding hydrogens is 262 g/mol. The molecule has 0 aliphatic heterocycles. The van der Waals surface area contributed by atoms with Gasteiger partial charge >= 0.3 is 0 Å². The van der Waals surface area contributed by atoms with Gasteiger partial charge < -0.3 is 20.5 Å². The second kappa shape index (κ2) is 6.78. The quantitative estimate of drug-likeness (QED) is 0.623. The molecule has 9 nitrogen and oxygen atoms in total. The number of aliphatic hydroxyl groups is 1. The molecule has 0 fully saturated rings. The van der Waals surface area contributed by atoms with Gasteiger partial charge in [-0.3, -0.25) is 4.57 Å². The van der Waals surface area contributed by atoms with Crippen molar-refractivity contribution in [2.75, 3.05) is 38.0 Å². The number of methoxy groups -OCH3 is 1. The molecule has 0 spiro atoms. The third-order valence-corrected chi connectivity index (χ3v) is 2.50. The van der Waals surface area contributed by atoms with Gasteiger partial charge in [0, 0.05) is 26.6 Å². The summed E-state index contributed by atoms with van der Waals surface area (Å²) in [4.78, 5) is 16.6. The molecule has 0 aliphatic rings. The number of anilines is 2.